The summed E-state index contributed by atoms with van der Waals surface area (Å²) in [5.41, 5.74) is 0.245. The number of rotatable bonds is 10. The van der Waals surface area contributed by atoms with E-state index >= 15 is 0 Å². The number of nitrogens with zero attached hydrogens (tertiary/aromatic N) is 3. The Morgan fingerprint density at radius 1 is 1.18 bits per heavy atom. The third-order valence-corrected chi connectivity index (χ3v) is 7.53. The first-order valence-corrected chi connectivity index (χ1v) is 14.0. The number of hydrogen-bond acceptors (Lipinski definition) is 6. The van der Waals surface area contributed by atoms with Gasteiger partial charge in [-0.25, -0.2) is 19.2 Å². The summed E-state index contributed by atoms with van der Waals surface area (Å²) in [6.45, 7) is 3.63. The Morgan fingerprint density at radius 3 is 2.62 bits per heavy atom. The molecule has 0 spiro atoms. The Bertz CT molecular complexity index is 1320. The number of pyridine rings is 1. The van der Waals surface area contributed by atoms with Crippen LogP contribution in [0, 0.1) is 5.41 Å². The molecule has 1 aliphatic carbocycles. The van der Waals surface area contributed by atoms with Gasteiger partial charge in [0.15, 0.2) is 5.82 Å². The van der Waals surface area contributed by atoms with Crippen LogP contribution in [0.25, 0.3) is 22.8 Å². The number of halogens is 2. The molecular weight excluding hydrogens is 521 g/mol. The first kappa shape index (κ1) is 28.7. The lowest BCUT2D eigenvalue weighted by Crippen LogP contribution is -2.42. The summed E-state index contributed by atoms with van der Waals surface area (Å²) in [4.78, 5) is 40.9. The van der Waals surface area contributed by atoms with Gasteiger partial charge >= 0.3 is 5.69 Å². The maximum Gasteiger partial charge on any atom is 0.348 e. The van der Waals surface area contributed by atoms with Gasteiger partial charge in [0.05, 0.1) is 16.5 Å². The molecule has 1 aliphatic rings. The van der Waals surface area contributed by atoms with Crippen LogP contribution in [0.4, 0.5) is 4.39 Å². The third-order valence-electron chi connectivity index (χ3n) is 7.20. The van der Waals surface area contributed by atoms with Crippen LogP contribution >= 0.6 is 11.6 Å². The van der Waals surface area contributed by atoms with Gasteiger partial charge in [-0.1, -0.05) is 56.7 Å². The predicted molar refractivity (Wildman–Crippen MR) is 149 cm³/mol. The highest BCUT2D eigenvalue weighted by atomic mass is 35.5. The summed E-state index contributed by atoms with van der Waals surface area (Å²) in [7, 11) is 0. The first-order valence-electron chi connectivity index (χ1n) is 13.6. The number of hydrogen-bond donors (Lipinski definition) is 2. The van der Waals surface area contributed by atoms with Crippen molar-refractivity contribution < 1.29 is 13.9 Å². The number of ether oxygens (including phenoxy) is 1. The van der Waals surface area contributed by atoms with Gasteiger partial charge in [0.2, 0.25) is 11.8 Å². The van der Waals surface area contributed by atoms with Crippen LogP contribution in [0.1, 0.15) is 70.8 Å². The fraction of sp³-hybridized carbons (Fsp3) is 0.483. The van der Waals surface area contributed by atoms with E-state index in [1.165, 1.54) is 0 Å². The smallest absolute Gasteiger partial charge is 0.348 e. The minimum atomic E-state index is -0.957. The zero-order chi connectivity index (χ0) is 27.8. The van der Waals surface area contributed by atoms with Gasteiger partial charge in [0.25, 0.3) is 0 Å². The monoisotopic (exact) mass is 555 g/mol. The zero-order valence-electron chi connectivity index (χ0n) is 22.4. The fourth-order valence-corrected chi connectivity index (χ4v) is 5.16. The lowest BCUT2D eigenvalue weighted by Gasteiger charge is -2.28. The van der Waals surface area contributed by atoms with Gasteiger partial charge in [0, 0.05) is 29.9 Å². The number of amides is 1. The van der Waals surface area contributed by atoms with Gasteiger partial charge in [-0.3, -0.25) is 9.78 Å². The average Bonchev–Trinajstić information content (AvgIpc) is 3.19. The van der Waals surface area contributed by atoms with Crippen molar-refractivity contribution in [1.82, 2.24) is 25.3 Å². The molecule has 1 atom stereocenters. The van der Waals surface area contributed by atoms with Gasteiger partial charge in [-0.05, 0) is 49.9 Å². The van der Waals surface area contributed by atoms with Crippen molar-refractivity contribution in [1.29, 1.82) is 0 Å². The van der Waals surface area contributed by atoms with Crippen LogP contribution in [-0.4, -0.2) is 38.6 Å². The van der Waals surface area contributed by atoms with Crippen molar-refractivity contribution in [2.45, 2.75) is 77.9 Å². The van der Waals surface area contributed by atoms with Crippen LogP contribution in [0.2, 0.25) is 5.02 Å². The van der Waals surface area contributed by atoms with Crippen molar-refractivity contribution in [3.63, 3.8) is 0 Å². The zero-order valence-corrected chi connectivity index (χ0v) is 23.2. The van der Waals surface area contributed by atoms with E-state index in [2.05, 4.69) is 32.2 Å². The Kier molecular flexibility index (Phi) is 9.67. The summed E-state index contributed by atoms with van der Waals surface area (Å²) in [6.07, 6.45) is 8.43. The highest BCUT2D eigenvalue weighted by Gasteiger charge is 2.38. The van der Waals surface area contributed by atoms with Gasteiger partial charge in [0.1, 0.15) is 12.5 Å². The van der Waals surface area contributed by atoms with Gasteiger partial charge < -0.3 is 10.1 Å². The van der Waals surface area contributed by atoms with Crippen LogP contribution in [-0.2, 0) is 11.3 Å². The molecule has 2 heterocycles. The number of aromatic nitrogens is 4. The topological polar surface area (TPSA) is 110 Å². The Labute approximate surface area is 232 Å². The van der Waals surface area contributed by atoms with Crippen LogP contribution in [0.15, 0.2) is 41.3 Å². The van der Waals surface area contributed by atoms with Crippen molar-refractivity contribution in [3.8, 4) is 28.7 Å². The van der Waals surface area contributed by atoms with Crippen LogP contribution in [0.5, 0.6) is 5.88 Å². The molecule has 3 aromatic rings. The van der Waals surface area contributed by atoms with E-state index in [1.807, 2.05) is 6.92 Å². The van der Waals surface area contributed by atoms with Crippen molar-refractivity contribution in [3.05, 3.63) is 57.6 Å². The largest absolute Gasteiger partial charge is 0.475 e. The quantitative estimate of drug-likeness (QED) is 0.295. The number of alkyl halides is 1. The SMILES string of the molecule is CCC[C@H](C)Oc1ccc(-c2nc(-c3cc(CNC(=O)C4(CF)CCCCCC4)ccc3Cl)[nH]c(=O)n2)cn1. The molecule has 8 nitrogen and oxygen atoms in total. The predicted octanol–water partition coefficient (Wildman–Crippen LogP) is 6.04. The minimum Gasteiger partial charge on any atom is -0.475 e. The third kappa shape index (κ3) is 7.20. The molecule has 0 saturated heterocycles. The summed E-state index contributed by atoms with van der Waals surface area (Å²) in [5, 5.41) is 3.29. The molecular formula is C29H35ClFN5O3. The molecule has 1 fully saturated rings. The van der Waals surface area contributed by atoms with E-state index in [4.69, 9.17) is 16.3 Å². The van der Waals surface area contributed by atoms with Crippen LogP contribution < -0.4 is 15.7 Å². The summed E-state index contributed by atoms with van der Waals surface area (Å²) < 4.78 is 19.8. The molecule has 0 radical (unpaired) electrons. The molecule has 0 bridgehead atoms. The number of carbonyl (C=O) groups excluding carboxylic acids is 1. The molecule has 2 N–H and O–H groups in total. The van der Waals surface area contributed by atoms with Crippen LogP contribution in [0.3, 0.4) is 0 Å². The lowest BCUT2D eigenvalue weighted by molar-refractivity contribution is -0.133. The summed E-state index contributed by atoms with van der Waals surface area (Å²) in [6, 6.07) is 8.69. The summed E-state index contributed by atoms with van der Waals surface area (Å²) >= 11 is 6.48. The van der Waals surface area contributed by atoms with Crippen molar-refractivity contribution >= 4 is 17.5 Å². The van der Waals surface area contributed by atoms with E-state index < -0.39 is 17.8 Å². The average molecular weight is 556 g/mol. The second-order valence-electron chi connectivity index (χ2n) is 10.3. The normalized spacial score (nSPS) is 15.8. The molecule has 39 heavy (non-hydrogen) atoms. The maximum atomic E-state index is 14.0. The lowest BCUT2D eigenvalue weighted by atomic mass is 9.80. The number of carbonyl (C=O) groups is 1. The number of nitrogens with one attached hydrogen (secondary N) is 2. The van der Waals surface area contributed by atoms with Crippen molar-refractivity contribution in [2.24, 2.45) is 5.41 Å². The molecule has 2 aromatic heterocycles. The van der Waals surface area contributed by atoms with E-state index in [0.29, 0.717) is 34.9 Å². The molecule has 1 aromatic carbocycles. The van der Waals surface area contributed by atoms with E-state index in [9.17, 15) is 14.0 Å². The van der Waals surface area contributed by atoms with Gasteiger partial charge in [-0.2, -0.15) is 4.98 Å². The molecule has 4 rings (SSSR count). The maximum absolute atomic E-state index is 14.0. The Hall–Kier alpha value is -3.33. The highest BCUT2D eigenvalue weighted by Crippen LogP contribution is 2.36. The minimum absolute atomic E-state index is 0.0460. The molecule has 1 saturated carbocycles. The highest BCUT2D eigenvalue weighted by molar-refractivity contribution is 6.33. The van der Waals surface area contributed by atoms with Crippen molar-refractivity contribution in [2.75, 3.05) is 6.67 Å². The number of H-pyrrole nitrogens is 1. The summed E-state index contributed by atoms with van der Waals surface area (Å²) in [5.74, 6) is 0.664. The van der Waals surface area contributed by atoms with E-state index in [0.717, 1.165) is 44.1 Å². The molecule has 0 aliphatic heterocycles. The second kappa shape index (κ2) is 13.2. The Morgan fingerprint density at radius 2 is 1.95 bits per heavy atom. The number of aromatic amines is 1. The number of benzene rings is 1. The molecule has 208 valence electrons. The molecule has 1 amide bonds. The first-order chi connectivity index (χ1) is 18.8. The Balaban J connectivity index is 1.53. The molecule has 10 heteroatoms. The van der Waals surface area contributed by atoms with Gasteiger partial charge in [-0.15, -0.1) is 0 Å². The standard InChI is InChI=1S/C29H35ClFN5O3/c1-3-8-19(2)39-24-12-10-21(17-32-24)25-34-26(36-28(38)35-25)22-15-20(9-11-23(22)30)16-33-27(37)29(18-31)13-6-4-5-7-14-29/h9-12,15,17,19H,3-8,13-14,16,18H2,1-2H3,(H,33,37)(H,34,35,36,38)/t19-/m0/s1. The van der Waals surface area contributed by atoms with E-state index in [1.54, 1.807) is 36.5 Å². The fourth-order valence-electron chi connectivity index (χ4n) is 4.96. The second-order valence-corrected chi connectivity index (χ2v) is 10.7. The van der Waals surface area contributed by atoms with E-state index in [-0.39, 0.29) is 30.2 Å². The molecule has 0 unspecified atom stereocenters.